The zero-order valence-electron chi connectivity index (χ0n) is 15.2. The second-order valence-corrected chi connectivity index (χ2v) is 8.31. The van der Waals surface area contributed by atoms with Crippen LogP contribution < -0.4 is 4.18 Å². The van der Waals surface area contributed by atoms with Crippen LogP contribution >= 0.6 is 11.6 Å². The predicted octanol–water partition coefficient (Wildman–Crippen LogP) is 3.55. The molecule has 0 spiro atoms. The van der Waals surface area contributed by atoms with Crippen LogP contribution in [0.4, 0.5) is 4.79 Å². The van der Waals surface area contributed by atoms with Crippen molar-refractivity contribution in [3.63, 3.8) is 0 Å². The van der Waals surface area contributed by atoms with Crippen molar-refractivity contribution in [2.45, 2.75) is 23.5 Å². The lowest BCUT2D eigenvalue weighted by atomic mass is 10.1. The highest BCUT2D eigenvalue weighted by Gasteiger charge is 2.27. The lowest BCUT2D eigenvalue weighted by Gasteiger charge is -2.32. The topological polar surface area (TPSA) is 82.1 Å². The third kappa shape index (κ3) is 5.15. The largest absolute Gasteiger partial charge is 0.430 e. The van der Waals surface area contributed by atoms with Gasteiger partial charge in [0.15, 0.2) is 5.56 Å². The molecule has 2 aromatic rings. The number of hydrogen-bond donors (Lipinski definition) is 0. The second kappa shape index (κ2) is 8.81. The Labute approximate surface area is 168 Å². The minimum Gasteiger partial charge on any atom is -0.430 e. The summed E-state index contributed by atoms with van der Waals surface area (Å²) in [5.41, 5.74) is 0.0812. The molecule has 2 atom stereocenters. The number of alkyl halides is 1. The molecule has 0 N–H and O–H groups in total. The van der Waals surface area contributed by atoms with Gasteiger partial charge in [-0.05, 0) is 36.8 Å². The van der Waals surface area contributed by atoms with Gasteiger partial charge in [-0.2, -0.15) is 8.42 Å². The van der Waals surface area contributed by atoms with E-state index in [1.807, 2.05) is 0 Å². The van der Waals surface area contributed by atoms with Crippen molar-refractivity contribution in [3.8, 4) is 5.75 Å². The maximum atomic E-state index is 12.3. The van der Waals surface area contributed by atoms with E-state index >= 15 is 0 Å². The van der Waals surface area contributed by atoms with E-state index in [1.54, 1.807) is 49.4 Å². The predicted molar refractivity (Wildman–Crippen MR) is 103 cm³/mol. The summed E-state index contributed by atoms with van der Waals surface area (Å²) in [6, 6.07) is 14.4. The van der Waals surface area contributed by atoms with Crippen LogP contribution in [-0.4, -0.2) is 44.7 Å². The van der Waals surface area contributed by atoms with Gasteiger partial charge in [-0.15, -0.1) is 0 Å². The molecule has 0 bridgehead atoms. The van der Waals surface area contributed by atoms with E-state index in [0.29, 0.717) is 19.7 Å². The molecule has 9 heteroatoms. The van der Waals surface area contributed by atoms with Crippen molar-refractivity contribution in [2.24, 2.45) is 0 Å². The molecule has 0 saturated carbocycles. The van der Waals surface area contributed by atoms with Gasteiger partial charge in [-0.3, -0.25) is 0 Å². The van der Waals surface area contributed by atoms with Crippen LogP contribution in [-0.2, 0) is 19.6 Å². The molecule has 7 nitrogen and oxygen atoms in total. The lowest BCUT2D eigenvalue weighted by molar-refractivity contribution is -0.0296. The quantitative estimate of drug-likeness (QED) is 0.538. The molecular weight excluding hydrogens is 406 g/mol. The molecule has 1 aliphatic rings. The van der Waals surface area contributed by atoms with Crippen LogP contribution in [0.5, 0.6) is 5.75 Å². The minimum atomic E-state index is -3.90. The van der Waals surface area contributed by atoms with Gasteiger partial charge < -0.3 is 18.6 Å². The first-order valence-corrected chi connectivity index (χ1v) is 10.5. The van der Waals surface area contributed by atoms with Crippen molar-refractivity contribution in [1.82, 2.24) is 4.90 Å². The number of benzene rings is 2. The monoisotopic (exact) mass is 425 g/mol. The van der Waals surface area contributed by atoms with Crippen molar-refractivity contribution >= 4 is 27.8 Å². The molecule has 3 rings (SSSR count). The van der Waals surface area contributed by atoms with Crippen LogP contribution in [0.15, 0.2) is 59.5 Å². The molecule has 1 aliphatic heterocycles. The standard InChI is InChI=1S/C19H20ClNO6S/c1-14(20)26-19(22)21-11-12-25-18(13-21)15-7-9-16(10-8-15)27-28(23,24)17-5-3-2-4-6-17/h2-10,14,18H,11-13H2,1H3/t14?,18-/m0/s1. The van der Waals surface area contributed by atoms with E-state index in [4.69, 9.17) is 25.3 Å². The van der Waals surface area contributed by atoms with Gasteiger partial charge in [0.05, 0.1) is 13.2 Å². The second-order valence-electron chi connectivity index (χ2n) is 6.15. The summed E-state index contributed by atoms with van der Waals surface area (Å²) < 4.78 is 40.4. The number of rotatable bonds is 5. The SMILES string of the molecule is CC(Cl)OC(=O)N1CCO[C@H](c2ccc(OS(=O)(=O)c3ccccc3)cc2)C1. The molecular formula is C19H20ClNO6S. The minimum absolute atomic E-state index is 0.0809. The summed E-state index contributed by atoms with van der Waals surface area (Å²) in [5.74, 6) is 0.190. The number of morpholine rings is 1. The molecule has 1 saturated heterocycles. The van der Waals surface area contributed by atoms with Crippen LogP contribution in [0.25, 0.3) is 0 Å². The van der Waals surface area contributed by atoms with E-state index in [0.717, 1.165) is 5.56 Å². The van der Waals surface area contributed by atoms with Crippen LogP contribution in [0, 0.1) is 0 Å². The fraction of sp³-hybridized carbons (Fsp3) is 0.316. The van der Waals surface area contributed by atoms with Crippen LogP contribution in [0.1, 0.15) is 18.6 Å². The van der Waals surface area contributed by atoms with Gasteiger partial charge in [-0.25, -0.2) is 4.79 Å². The number of carbonyl (C=O) groups is 1. The number of nitrogens with zero attached hydrogens (tertiary/aromatic N) is 1. The van der Waals surface area contributed by atoms with Crippen molar-refractivity contribution in [1.29, 1.82) is 0 Å². The maximum Gasteiger partial charge on any atom is 0.411 e. The fourth-order valence-corrected chi connectivity index (χ4v) is 3.76. The highest BCUT2D eigenvalue weighted by molar-refractivity contribution is 7.87. The summed E-state index contributed by atoms with van der Waals surface area (Å²) in [7, 11) is -3.90. The fourth-order valence-electron chi connectivity index (χ4n) is 2.73. The highest BCUT2D eigenvalue weighted by Crippen LogP contribution is 2.26. The number of amides is 1. The Bertz CT molecular complexity index is 902. The molecule has 1 unspecified atom stereocenters. The average molecular weight is 426 g/mol. The van der Waals surface area contributed by atoms with Crippen molar-refractivity contribution in [2.75, 3.05) is 19.7 Å². The molecule has 0 aromatic heterocycles. The van der Waals surface area contributed by atoms with Gasteiger partial charge in [0, 0.05) is 6.54 Å². The Morgan fingerprint density at radius 2 is 1.86 bits per heavy atom. The third-order valence-electron chi connectivity index (χ3n) is 4.08. The van der Waals surface area contributed by atoms with Crippen LogP contribution in [0.2, 0.25) is 0 Å². The van der Waals surface area contributed by atoms with E-state index in [-0.39, 0.29) is 16.7 Å². The molecule has 0 aliphatic carbocycles. The van der Waals surface area contributed by atoms with Gasteiger partial charge >= 0.3 is 16.2 Å². The van der Waals surface area contributed by atoms with Gasteiger partial charge in [0.25, 0.3) is 0 Å². The Balaban J connectivity index is 1.66. The van der Waals surface area contributed by atoms with E-state index in [2.05, 4.69) is 0 Å². The van der Waals surface area contributed by atoms with Gasteiger partial charge in [0.1, 0.15) is 16.7 Å². The van der Waals surface area contributed by atoms with Crippen molar-refractivity contribution in [3.05, 3.63) is 60.2 Å². The average Bonchev–Trinajstić information content (AvgIpc) is 2.68. The van der Waals surface area contributed by atoms with Gasteiger partial charge in [-0.1, -0.05) is 41.9 Å². The molecule has 1 fully saturated rings. The van der Waals surface area contributed by atoms with E-state index < -0.39 is 21.8 Å². The summed E-state index contributed by atoms with van der Waals surface area (Å²) in [4.78, 5) is 13.6. The zero-order valence-corrected chi connectivity index (χ0v) is 16.7. The zero-order chi connectivity index (χ0) is 20.1. The van der Waals surface area contributed by atoms with E-state index in [9.17, 15) is 13.2 Å². The number of halogens is 1. The summed E-state index contributed by atoms with van der Waals surface area (Å²) in [6.45, 7) is 2.65. The number of hydrogen-bond acceptors (Lipinski definition) is 6. The molecule has 1 amide bonds. The number of ether oxygens (including phenoxy) is 2. The summed E-state index contributed by atoms with van der Waals surface area (Å²) in [6.07, 6.45) is -0.851. The van der Waals surface area contributed by atoms with Crippen molar-refractivity contribution < 1.29 is 26.9 Å². The Morgan fingerprint density at radius 3 is 2.50 bits per heavy atom. The molecule has 0 radical (unpaired) electrons. The maximum absolute atomic E-state index is 12.3. The first-order chi connectivity index (χ1) is 13.3. The smallest absolute Gasteiger partial charge is 0.411 e. The Kier molecular flexibility index (Phi) is 6.43. The summed E-state index contributed by atoms with van der Waals surface area (Å²) >= 11 is 5.70. The summed E-state index contributed by atoms with van der Waals surface area (Å²) in [5, 5.41) is 0. The van der Waals surface area contributed by atoms with E-state index in [1.165, 1.54) is 17.0 Å². The molecule has 28 heavy (non-hydrogen) atoms. The highest BCUT2D eigenvalue weighted by atomic mass is 35.5. The number of carbonyl (C=O) groups excluding carboxylic acids is 1. The van der Waals surface area contributed by atoms with Crippen LogP contribution in [0.3, 0.4) is 0 Å². The molecule has 2 aromatic carbocycles. The Morgan fingerprint density at radius 1 is 1.18 bits per heavy atom. The van der Waals surface area contributed by atoms with Gasteiger partial charge in [0.2, 0.25) is 0 Å². The normalized spacial score (nSPS) is 18.4. The first-order valence-electron chi connectivity index (χ1n) is 8.66. The Hall–Kier alpha value is -2.29. The molecule has 1 heterocycles. The molecule has 150 valence electrons. The lowest BCUT2D eigenvalue weighted by Crippen LogP contribution is -2.43. The third-order valence-corrected chi connectivity index (χ3v) is 5.43. The first kappa shape index (κ1) is 20.4.